The van der Waals surface area contributed by atoms with E-state index in [1.165, 1.54) is 12.7 Å². The Bertz CT molecular complexity index is 868. The van der Waals surface area contributed by atoms with E-state index in [0.717, 1.165) is 44.0 Å². The summed E-state index contributed by atoms with van der Waals surface area (Å²) in [5.41, 5.74) is 1.24. The molecule has 1 N–H and O–H groups in total. The van der Waals surface area contributed by atoms with Crippen molar-refractivity contribution in [3.05, 3.63) is 47.4 Å². The first-order valence-electron chi connectivity index (χ1n) is 9.29. The van der Waals surface area contributed by atoms with Crippen LogP contribution in [0, 0.1) is 19.8 Å². The van der Waals surface area contributed by atoms with Crippen molar-refractivity contribution in [2.45, 2.75) is 38.1 Å². The maximum atomic E-state index is 12.5. The topological polar surface area (TPSA) is 71.8 Å². The van der Waals surface area contributed by atoms with Gasteiger partial charge >= 0.3 is 0 Å². The predicted octanol–water partition coefficient (Wildman–Crippen LogP) is 3.10. The average Bonchev–Trinajstić information content (AvgIpc) is 2.98. The van der Waals surface area contributed by atoms with Gasteiger partial charge in [0.25, 0.3) is 0 Å². The number of benzene rings is 1. The number of methoxy groups -OCH3 is 1. The molecule has 2 aromatic rings. The van der Waals surface area contributed by atoms with Gasteiger partial charge in [0.1, 0.15) is 17.3 Å². The van der Waals surface area contributed by atoms with Crippen molar-refractivity contribution in [1.82, 2.24) is 9.62 Å². The lowest BCUT2D eigenvalue weighted by Crippen LogP contribution is -2.38. The second kappa shape index (κ2) is 8.46. The van der Waals surface area contributed by atoms with Crippen molar-refractivity contribution in [3.63, 3.8) is 0 Å². The minimum absolute atomic E-state index is 0.241. The molecule has 1 aliphatic heterocycles. The van der Waals surface area contributed by atoms with Crippen LogP contribution >= 0.6 is 0 Å². The quantitative estimate of drug-likeness (QED) is 0.784. The molecule has 1 fully saturated rings. The number of sulfonamides is 1. The molecule has 0 amide bonds. The second-order valence-corrected chi connectivity index (χ2v) is 8.96. The molecule has 0 saturated carbocycles. The van der Waals surface area contributed by atoms with Crippen LogP contribution in [0.4, 0.5) is 0 Å². The second-order valence-electron chi connectivity index (χ2n) is 7.19. The Morgan fingerprint density at radius 2 is 1.96 bits per heavy atom. The molecule has 3 rings (SSSR count). The van der Waals surface area contributed by atoms with E-state index < -0.39 is 10.0 Å². The highest BCUT2D eigenvalue weighted by molar-refractivity contribution is 7.89. The van der Waals surface area contributed by atoms with Crippen LogP contribution in [0.1, 0.15) is 29.9 Å². The fourth-order valence-electron chi connectivity index (χ4n) is 3.51. The first-order chi connectivity index (χ1) is 12.9. The third-order valence-electron chi connectivity index (χ3n) is 5.16. The summed E-state index contributed by atoms with van der Waals surface area (Å²) in [5, 5.41) is 0. The van der Waals surface area contributed by atoms with Crippen molar-refractivity contribution in [1.29, 1.82) is 0 Å². The van der Waals surface area contributed by atoms with Crippen LogP contribution in [0.3, 0.4) is 0 Å². The van der Waals surface area contributed by atoms with E-state index in [9.17, 15) is 8.42 Å². The minimum Gasteiger partial charge on any atom is -0.497 e. The molecule has 0 aliphatic carbocycles. The highest BCUT2D eigenvalue weighted by Gasteiger charge is 2.23. The third-order valence-corrected chi connectivity index (χ3v) is 6.58. The van der Waals surface area contributed by atoms with Crippen LogP contribution in [0.5, 0.6) is 5.75 Å². The molecule has 1 aromatic carbocycles. The molecule has 0 bridgehead atoms. The van der Waals surface area contributed by atoms with Gasteiger partial charge in [0.05, 0.1) is 12.0 Å². The normalized spacial score (nSPS) is 16.6. The van der Waals surface area contributed by atoms with Gasteiger partial charge in [-0.3, -0.25) is 4.90 Å². The molecular weight excluding hydrogens is 364 g/mol. The lowest BCUT2D eigenvalue weighted by Gasteiger charge is -2.31. The number of hydrogen-bond donors (Lipinski definition) is 1. The van der Waals surface area contributed by atoms with Crippen LogP contribution in [0.25, 0.3) is 0 Å². The van der Waals surface area contributed by atoms with E-state index in [1.54, 1.807) is 24.3 Å². The molecule has 1 saturated heterocycles. The van der Waals surface area contributed by atoms with E-state index >= 15 is 0 Å². The zero-order chi connectivity index (χ0) is 19.4. The van der Waals surface area contributed by atoms with Gasteiger partial charge in [-0.15, -0.1) is 0 Å². The first-order valence-corrected chi connectivity index (χ1v) is 10.8. The van der Waals surface area contributed by atoms with Crippen LogP contribution < -0.4 is 9.46 Å². The van der Waals surface area contributed by atoms with E-state index in [1.807, 2.05) is 13.8 Å². The van der Waals surface area contributed by atoms with Gasteiger partial charge in [-0.2, -0.15) is 0 Å². The van der Waals surface area contributed by atoms with Crippen LogP contribution in [-0.4, -0.2) is 40.1 Å². The molecule has 1 aliphatic rings. The van der Waals surface area contributed by atoms with Crippen LogP contribution in [0.2, 0.25) is 0 Å². The number of nitrogens with zero attached hydrogens (tertiary/aromatic N) is 1. The standard InChI is InChI=1S/C20H28N2O4S/c1-15-11-18(16(2)26-15)14-22-9-7-17(8-10-22)13-21-27(23,24)20-6-4-5-19(12-20)25-3/h4-6,11-12,17,21H,7-10,13-14H2,1-3H3. The monoisotopic (exact) mass is 392 g/mol. The number of furan rings is 1. The van der Waals surface area contributed by atoms with Crippen molar-refractivity contribution >= 4 is 10.0 Å². The zero-order valence-corrected chi connectivity index (χ0v) is 17.0. The highest BCUT2D eigenvalue weighted by Crippen LogP contribution is 2.22. The molecule has 2 heterocycles. The summed E-state index contributed by atoms with van der Waals surface area (Å²) < 4.78 is 38.5. The maximum Gasteiger partial charge on any atom is 0.240 e. The Balaban J connectivity index is 1.49. The Morgan fingerprint density at radius 1 is 1.22 bits per heavy atom. The summed E-state index contributed by atoms with van der Waals surface area (Å²) in [6, 6.07) is 8.65. The smallest absolute Gasteiger partial charge is 0.240 e. The molecule has 0 atom stereocenters. The minimum atomic E-state index is -3.51. The van der Waals surface area contributed by atoms with Gasteiger partial charge < -0.3 is 9.15 Å². The summed E-state index contributed by atoms with van der Waals surface area (Å²) in [5.74, 6) is 2.83. The fraction of sp³-hybridized carbons (Fsp3) is 0.500. The molecule has 7 heteroatoms. The first kappa shape index (κ1) is 19.9. The third kappa shape index (κ3) is 5.12. The molecule has 0 radical (unpaired) electrons. The van der Waals surface area contributed by atoms with E-state index in [4.69, 9.17) is 9.15 Å². The number of ether oxygens (including phenoxy) is 1. The Morgan fingerprint density at radius 3 is 2.59 bits per heavy atom. The maximum absolute atomic E-state index is 12.5. The number of piperidine rings is 1. The molecule has 148 valence electrons. The number of aryl methyl sites for hydroxylation is 2. The molecule has 0 spiro atoms. The van der Waals surface area contributed by atoms with Gasteiger partial charge in [-0.05, 0) is 63.9 Å². The molecule has 27 heavy (non-hydrogen) atoms. The highest BCUT2D eigenvalue weighted by atomic mass is 32.2. The van der Waals surface area contributed by atoms with Crippen LogP contribution in [0.15, 0.2) is 39.6 Å². The van der Waals surface area contributed by atoms with E-state index in [0.29, 0.717) is 18.2 Å². The largest absolute Gasteiger partial charge is 0.497 e. The Hall–Kier alpha value is -1.83. The summed E-state index contributed by atoms with van der Waals surface area (Å²) in [6.45, 7) is 7.27. The number of nitrogens with one attached hydrogen (secondary N) is 1. The summed E-state index contributed by atoms with van der Waals surface area (Å²) >= 11 is 0. The fourth-order valence-corrected chi connectivity index (χ4v) is 4.66. The Kier molecular flexibility index (Phi) is 6.24. The lowest BCUT2D eigenvalue weighted by atomic mass is 9.97. The average molecular weight is 393 g/mol. The van der Waals surface area contributed by atoms with Gasteiger partial charge in [0.15, 0.2) is 0 Å². The molecular formula is C20H28N2O4S. The van der Waals surface area contributed by atoms with Crippen molar-refractivity contribution in [2.75, 3.05) is 26.7 Å². The number of rotatable bonds is 7. The predicted molar refractivity (Wildman–Crippen MR) is 104 cm³/mol. The van der Waals surface area contributed by atoms with Gasteiger partial charge in [-0.25, -0.2) is 13.1 Å². The molecule has 1 aromatic heterocycles. The molecule has 6 nitrogen and oxygen atoms in total. The SMILES string of the molecule is COc1cccc(S(=O)(=O)NCC2CCN(Cc3cc(C)oc3C)CC2)c1. The van der Waals surface area contributed by atoms with Gasteiger partial charge in [0.2, 0.25) is 10.0 Å². The zero-order valence-electron chi connectivity index (χ0n) is 16.2. The van der Waals surface area contributed by atoms with Crippen molar-refractivity contribution in [3.8, 4) is 5.75 Å². The van der Waals surface area contributed by atoms with Gasteiger partial charge in [0, 0.05) is 24.7 Å². The summed E-state index contributed by atoms with van der Waals surface area (Å²) in [4.78, 5) is 2.65. The molecule has 0 unspecified atom stereocenters. The van der Waals surface area contributed by atoms with Crippen LogP contribution in [-0.2, 0) is 16.6 Å². The Labute approximate surface area is 161 Å². The van der Waals surface area contributed by atoms with Crippen molar-refractivity contribution < 1.29 is 17.6 Å². The van der Waals surface area contributed by atoms with E-state index in [-0.39, 0.29) is 4.90 Å². The van der Waals surface area contributed by atoms with Gasteiger partial charge in [-0.1, -0.05) is 6.07 Å². The van der Waals surface area contributed by atoms with Crippen molar-refractivity contribution in [2.24, 2.45) is 5.92 Å². The van der Waals surface area contributed by atoms with E-state index in [2.05, 4.69) is 15.7 Å². The number of likely N-dealkylation sites (tertiary alicyclic amines) is 1. The summed E-state index contributed by atoms with van der Waals surface area (Å²) in [6.07, 6.45) is 1.97. The number of hydrogen-bond acceptors (Lipinski definition) is 5. The summed E-state index contributed by atoms with van der Waals surface area (Å²) in [7, 11) is -1.99. The lowest BCUT2D eigenvalue weighted by molar-refractivity contribution is 0.178.